The molecule has 1 fully saturated rings. The van der Waals surface area contributed by atoms with Crippen LogP contribution in [0.4, 0.5) is 5.13 Å². The van der Waals surface area contributed by atoms with Crippen LogP contribution in [0.5, 0.6) is 0 Å². The lowest BCUT2D eigenvalue weighted by atomic mass is 9.91. The number of hydrogen-bond donors (Lipinski definition) is 2. The van der Waals surface area contributed by atoms with Crippen LogP contribution < -0.4 is 10.6 Å². The van der Waals surface area contributed by atoms with Gasteiger partial charge in [0.2, 0.25) is 3.79 Å². The molecule has 2 aromatic rings. The zero-order valence-corrected chi connectivity index (χ0v) is 18.3. The quantitative estimate of drug-likeness (QED) is 0.467. The summed E-state index contributed by atoms with van der Waals surface area (Å²) < 4.78 is 4.31. The van der Waals surface area contributed by atoms with Crippen LogP contribution in [0.2, 0.25) is 0 Å². The van der Waals surface area contributed by atoms with Crippen molar-refractivity contribution < 1.29 is 4.74 Å². The Bertz CT molecular complexity index is 822. The molecule has 0 spiro atoms. The second-order valence-electron chi connectivity index (χ2n) is 7.13. The van der Waals surface area contributed by atoms with Gasteiger partial charge in [0.05, 0.1) is 18.9 Å². The Balaban J connectivity index is 1.44. The van der Waals surface area contributed by atoms with Gasteiger partial charge in [0.15, 0.2) is 5.13 Å². The molecule has 1 saturated heterocycles. The Morgan fingerprint density at radius 3 is 2.75 bits per heavy atom. The average Bonchev–Trinajstić information content (AvgIpc) is 3.10. The number of nitrogens with one attached hydrogen (secondary N) is 2. The van der Waals surface area contributed by atoms with Gasteiger partial charge >= 0.3 is 0 Å². The third-order valence-corrected chi connectivity index (χ3v) is 6.73. The number of aryl methyl sites for hydroxylation is 1. The van der Waals surface area contributed by atoms with Crippen LogP contribution >= 0.6 is 46.1 Å². The van der Waals surface area contributed by atoms with Crippen LogP contribution in [0.3, 0.4) is 0 Å². The van der Waals surface area contributed by atoms with E-state index in [2.05, 4.69) is 52.0 Å². The molecule has 1 aliphatic carbocycles. The lowest BCUT2D eigenvalue weighted by Crippen LogP contribution is -2.53. The van der Waals surface area contributed by atoms with Crippen molar-refractivity contribution in [1.29, 1.82) is 0 Å². The highest BCUT2D eigenvalue weighted by Crippen LogP contribution is 2.35. The molecule has 2 N–H and O–H groups in total. The van der Waals surface area contributed by atoms with Crippen LogP contribution in [0.25, 0.3) is 6.08 Å². The molecule has 0 bridgehead atoms. The molecule has 1 aromatic carbocycles. The van der Waals surface area contributed by atoms with E-state index in [-0.39, 0.29) is 6.04 Å². The number of halogens is 3. The van der Waals surface area contributed by atoms with Crippen molar-refractivity contribution in [3.8, 4) is 0 Å². The summed E-state index contributed by atoms with van der Waals surface area (Å²) in [7, 11) is 0. The number of fused-ring (bicyclic) bond motifs is 1. The lowest BCUT2D eigenvalue weighted by molar-refractivity contribution is 0.0522. The summed E-state index contributed by atoms with van der Waals surface area (Å²) in [5.74, 6) is 0.320. The molecule has 4 nitrogen and oxygen atoms in total. The summed E-state index contributed by atoms with van der Waals surface area (Å²) in [6, 6.07) is 10.5. The van der Waals surface area contributed by atoms with E-state index in [0.717, 1.165) is 30.1 Å². The molecule has 1 aliphatic heterocycles. The fourth-order valence-electron chi connectivity index (χ4n) is 3.63. The second-order valence-corrected chi connectivity index (χ2v) is 10.6. The molecule has 0 amide bonds. The smallest absolute Gasteiger partial charge is 0.223 e. The fraction of sp³-hybridized carbons (Fsp3) is 0.450. The van der Waals surface area contributed by atoms with Gasteiger partial charge in [-0.1, -0.05) is 71.2 Å². The van der Waals surface area contributed by atoms with Gasteiger partial charge in [-0.25, -0.2) is 4.98 Å². The number of hydrogen-bond acceptors (Lipinski definition) is 5. The maximum atomic E-state index is 6.28. The first-order valence-electron chi connectivity index (χ1n) is 9.37. The third kappa shape index (κ3) is 5.02. The maximum Gasteiger partial charge on any atom is 0.223 e. The minimum Gasteiger partial charge on any atom is -0.379 e. The Morgan fingerprint density at radius 2 is 2.00 bits per heavy atom. The highest BCUT2D eigenvalue weighted by molar-refractivity contribution is 7.15. The fourth-order valence-corrected chi connectivity index (χ4v) is 4.97. The predicted molar refractivity (Wildman–Crippen MR) is 119 cm³/mol. The third-order valence-electron chi connectivity index (χ3n) is 5.02. The zero-order valence-electron chi connectivity index (χ0n) is 15.2. The van der Waals surface area contributed by atoms with Gasteiger partial charge in [0.1, 0.15) is 6.17 Å². The molecule has 150 valence electrons. The van der Waals surface area contributed by atoms with E-state index in [1.807, 2.05) is 6.07 Å². The molecule has 2 aliphatic rings. The van der Waals surface area contributed by atoms with Crippen molar-refractivity contribution in [2.24, 2.45) is 0 Å². The number of aromatic nitrogens is 1. The molecule has 0 saturated carbocycles. The standard InChI is InChI=1S/C20H22Cl3N3OS/c21-20(22,23)18(26-19-25-16-8-4-5-9-17(16)28-19)24-15-10-14(11-27-12-15)13-6-2-1-3-7-13/h1-4,6-8,14-15,18,24H,5,9-12H2,(H,25,26). The number of allylic oxidation sites excluding steroid dienone is 1. The molecular weight excluding hydrogens is 437 g/mol. The molecule has 0 radical (unpaired) electrons. The molecule has 28 heavy (non-hydrogen) atoms. The van der Waals surface area contributed by atoms with Crippen molar-refractivity contribution >= 4 is 57.3 Å². The van der Waals surface area contributed by atoms with Crippen LogP contribution in [-0.4, -0.2) is 34.2 Å². The summed E-state index contributed by atoms with van der Waals surface area (Å²) in [6.45, 7) is 1.29. The summed E-state index contributed by atoms with van der Waals surface area (Å²) in [4.78, 5) is 5.90. The van der Waals surface area contributed by atoms with Crippen molar-refractivity contribution in [1.82, 2.24) is 10.3 Å². The van der Waals surface area contributed by atoms with Crippen LogP contribution in [-0.2, 0) is 11.2 Å². The van der Waals surface area contributed by atoms with Crippen molar-refractivity contribution in [3.05, 3.63) is 52.5 Å². The van der Waals surface area contributed by atoms with Crippen LogP contribution in [0.1, 0.15) is 34.9 Å². The number of thiazole rings is 1. The summed E-state index contributed by atoms with van der Waals surface area (Å²) in [5, 5.41) is 7.49. The van der Waals surface area contributed by atoms with Gasteiger partial charge in [-0.15, -0.1) is 11.3 Å². The van der Waals surface area contributed by atoms with Gasteiger partial charge in [0.25, 0.3) is 0 Å². The Morgan fingerprint density at radius 1 is 1.18 bits per heavy atom. The lowest BCUT2D eigenvalue weighted by Gasteiger charge is -2.35. The largest absolute Gasteiger partial charge is 0.379 e. The van der Waals surface area contributed by atoms with E-state index in [1.54, 1.807) is 11.3 Å². The van der Waals surface area contributed by atoms with Gasteiger partial charge in [0, 0.05) is 16.8 Å². The van der Waals surface area contributed by atoms with E-state index in [1.165, 1.54) is 10.4 Å². The highest BCUT2D eigenvalue weighted by atomic mass is 35.6. The van der Waals surface area contributed by atoms with Crippen molar-refractivity contribution in [3.63, 3.8) is 0 Å². The minimum atomic E-state index is -1.53. The predicted octanol–water partition coefficient (Wildman–Crippen LogP) is 5.37. The number of benzene rings is 1. The van der Waals surface area contributed by atoms with Crippen LogP contribution in [0.15, 0.2) is 36.4 Å². The normalized spacial score (nSPS) is 23.2. The van der Waals surface area contributed by atoms with Gasteiger partial charge in [-0.05, 0) is 30.9 Å². The van der Waals surface area contributed by atoms with E-state index in [4.69, 9.17) is 39.5 Å². The van der Waals surface area contributed by atoms with Crippen LogP contribution in [0, 0.1) is 0 Å². The Kier molecular flexibility index (Phi) is 6.50. The number of rotatable bonds is 5. The summed E-state index contributed by atoms with van der Waals surface area (Å²) in [5.41, 5.74) is 2.28. The number of alkyl halides is 3. The minimum absolute atomic E-state index is 0.0709. The van der Waals surface area contributed by atoms with E-state index < -0.39 is 9.96 Å². The molecule has 4 rings (SSSR count). The van der Waals surface area contributed by atoms with Crippen molar-refractivity contribution in [2.45, 2.75) is 41.2 Å². The molecular formula is C20H22Cl3N3OS. The summed E-state index contributed by atoms with van der Waals surface area (Å²) >= 11 is 20.4. The molecule has 8 heteroatoms. The monoisotopic (exact) mass is 457 g/mol. The Hall–Kier alpha value is -0.820. The SMILES string of the molecule is ClC(Cl)(Cl)C(Nc1nc2c(s1)CCC=C2)NC1COCC(c2ccccc2)C1. The first-order chi connectivity index (χ1) is 13.5. The molecule has 3 unspecified atom stereocenters. The first kappa shape index (κ1) is 20.5. The topological polar surface area (TPSA) is 46.2 Å². The van der Waals surface area contributed by atoms with Gasteiger partial charge in [-0.2, -0.15) is 0 Å². The zero-order chi connectivity index (χ0) is 19.6. The number of anilines is 1. The van der Waals surface area contributed by atoms with Gasteiger partial charge < -0.3 is 10.1 Å². The molecule has 1 aromatic heterocycles. The number of ether oxygens (including phenoxy) is 1. The average molecular weight is 459 g/mol. The Labute approximate surface area is 184 Å². The maximum absolute atomic E-state index is 6.28. The van der Waals surface area contributed by atoms with E-state index in [9.17, 15) is 0 Å². The second kappa shape index (κ2) is 8.90. The van der Waals surface area contributed by atoms with Gasteiger partial charge in [-0.3, -0.25) is 5.32 Å². The number of nitrogens with zero attached hydrogens (tertiary/aromatic N) is 1. The van der Waals surface area contributed by atoms with E-state index >= 15 is 0 Å². The van der Waals surface area contributed by atoms with E-state index in [0.29, 0.717) is 19.1 Å². The molecule has 2 heterocycles. The first-order valence-corrected chi connectivity index (χ1v) is 11.3. The summed E-state index contributed by atoms with van der Waals surface area (Å²) in [6.07, 6.45) is 6.59. The van der Waals surface area contributed by atoms with Crippen molar-refractivity contribution in [2.75, 3.05) is 18.5 Å². The highest BCUT2D eigenvalue weighted by Gasteiger charge is 2.36. The molecule has 3 atom stereocenters.